The van der Waals surface area contributed by atoms with Gasteiger partial charge in [-0.3, -0.25) is 4.79 Å². The highest BCUT2D eigenvalue weighted by Gasteiger charge is 2.23. The largest absolute Gasteiger partial charge is 0.334 e. The maximum atomic E-state index is 12.0. The number of carbonyl (C=O) groups excluding carboxylic acids is 2. The molecule has 1 aliphatic rings. The van der Waals surface area contributed by atoms with Crippen LogP contribution in [0.2, 0.25) is 0 Å². The molecular weight excluding hydrogens is 382 g/mol. The summed E-state index contributed by atoms with van der Waals surface area (Å²) in [6, 6.07) is 13.2. The lowest BCUT2D eigenvalue weighted by Gasteiger charge is -2.16. The van der Waals surface area contributed by atoms with Crippen LogP contribution in [0.25, 0.3) is 0 Å². The third kappa shape index (κ3) is 4.20. The van der Waals surface area contributed by atoms with Crippen LogP contribution in [0.5, 0.6) is 0 Å². The van der Waals surface area contributed by atoms with Crippen molar-refractivity contribution in [1.29, 1.82) is 0 Å². The first-order valence-electron chi connectivity index (χ1n) is 8.29. The summed E-state index contributed by atoms with van der Waals surface area (Å²) in [6.45, 7) is 3.06. The maximum absolute atomic E-state index is 12.0. The first kappa shape index (κ1) is 17.5. The molecule has 1 heterocycles. The Morgan fingerprint density at radius 1 is 1.16 bits per heavy atom. The van der Waals surface area contributed by atoms with E-state index in [0.29, 0.717) is 13.0 Å². The van der Waals surface area contributed by atoms with Crippen molar-refractivity contribution >= 4 is 39.2 Å². The zero-order valence-electron chi connectivity index (χ0n) is 14.0. The Morgan fingerprint density at radius 2 is 1.92 bits per heavy atom. The predicted octanol–water partition coefficient (Wildman–Crippen LogP) is 4.07. The number of carbonyl (C=O) groups is 2. The lowest BCUT2D eigenvalue weighted by molar-refractivity contribution is -0.118. The zero-order chi connectivity index (χ0) is 17.8. The summed E-state index contributed by atoms with van der Waals surface area (Å²) in [5.74, 6) is 0.151. The molecule has 0 aromatic heterocycles. The van der Waals surface area contributed by atoms with E-state index in [-0.39, 0.29) is 11.9 Å². The molecule has 2 aromatic carbocycles. The van der Waals surface area contributed by atoms with Crippen LogP contribution in [0.1, 0.15) is 24.5 Å². The number of halogens is 1. The second-order valence-electron chi connectivity index (χ2n) is 5.93. The number of fused-ring (bicyclic) bond motifs is 1. The molecule has 1 aliphatic heterocycles. The normalized spacial score (nSPS) is 12.6. The van der Waals surface area contributed by atoms with Gasteiger partial charge in [0, 0.05) is 35.4 Å². The molecule has 5 nitrogen and oxygen atoms in total. The van der Waals surface area contributed by atoms with Crippen LogP contribution >= 0.6 is 15.9 Å². The fourth-order valence-electron chi connectivity index (χ4n) is 2.91. The third-order valence-electron chi connectivity index (χ3n) is 4.20. The summed E-state index contributed by atoms with van der Waals surface area (Å²) in [5.41, 5.74) is 3.92. The van der Waals surface area contributed by atoms with Crippen molar-refractivity contribution in [1.82, 2.24) is 5.32 Å². The van der Waals surface area contributed by atoms with Gasteiger partial charge in [0.1, 0.15) is 0 Å². The molecule has 0 aliphatic carbocycles. The zero-order valence-corrected chi connectivity index (χ0v) is 15.6. The van der Waals surface area contributed by atoms with Crippen LogP contribution in [0.15, 0.2) is 46.9 Å². The van der Waals surface area contributed by atoms with Crippen molar-refractivity contribution in [3.05, 3.63) is 58.1 Å². The lowest BCUT2D eigenvalue weighted by Crippen LogP contribution is -2.28. The fourth-order valence-corrected chi connectivity index (χ4v) is 3.17. The molecule has 0 radical (unpaired) electrons. The van der Waals surface area contributed by atoms with E-state index in [2.05, 4.69) is 32.6 Å². The van der Waals surface area contributed by atoms with E-state index in [1.165, 1.54) is 0 Å². The molecule has 0 atom stereocenters. The SMILES string of the molecule is CCC(=O)N1CCc2cc(CNC(=O)Nc3ccc(Br)cc3)ccc21. The lowest BCUT2D eigenvalue weighted by atomic mass is 10.1. The molecule has 0 bridgehead atoms. The van der Waals surface area contributed by atoms with Gasteiger partial charge in [-0.25, -0.2) is 4.79 Å². The van der Waals surface area contributed by atoms with Gasteiger partial charge in [0.25, 0.3) is 0 Å². The molecular formula is C19H20BrN3O2. The Hall–Kier alpha value is -2.34. The predicted molar refractivity (Wildman–Crippen MR) is 103 cm³/mol. The van der Waals surface area contributed by atoms with E-state index >= 15 is 0 Å². The minimum absolute atomic E-state index is 0.151. The summed E-state index contributed by atoms with van der Waals surface area (Å²) in [4.78, 5) is 25.8. The van der Waals surface area contributed by atoms with Gasteiger partial charge in [-0.15, -0.1) is 0 Å². The molecule has 0 saturated carbocycles. The molecule has 2 N–H and O–H groups in total. The Kier molecular flexibility index (Phi) is 5.38. The Balaban J connectivity index is 1.58. The number of anilines is 2. The van der Waals surface area contributed by atoms with Crippen molar-refractivity contribution in [2.24, 2.45) is 0 Å². The average molecular weight is 402 g/mol. The highest BCUT2D eigenvalue weighted by Crippen LogP contribution is 2.29. The summed E-state index contributed by atoms with van der Waals surface area (Å²) < 4.78 is 0.965. The van der Waals surface area contributed by atoms with Gasteiger partial charge in [0.05, 0.1) is 0 Å². The number of nitrogens with one attached hydrogen (secondary N) is 2. The Morgan fingerprint density at radius 3 is 2.64 bits per heavy atom. The smallest absolute Gasteiger partial charge is 0.319 e. The highest BCUT2D eigenvalue weighted by molar-refractivity contribution is 9.10. The van der Waals surface area contributed by atoms with E-state index in [1.54, 1.807) is 0 Å². The number of rotatable bonds is 4. The minimum Gasteiger partial charge on any atom is -0.334 e. The van der Waals surface area contributed by atoms with Crippen molar-refractivity contribution < 1.29 is 9.59 Å². The summed E-state index contributed by atoms with van der Waals surface area (Å²) >= 11 is 3.36. The Bertz CT molecular complexity index is 790. The van der Waals surface area contributed by atoms with E-state index in [9.17, 15) is 9.59 Å². The van der Waals surface area contributed by atoms with Gasteiger partial charge >= 0.3 is 6.03 Å². The first-order valence-corrected chi connectivity index (χ1v) is 9.08. The topological polar surface area (TPSA) is 61.4 Å². The van der Waals surface area contributed by atoms with E-state index < -0.39 is 0 Å². The second-order valence-corrected chi connectivity index (χ2v) is 6.84. The monoisotopic (exact) mass is 401 g/mol. The molecule has 3 amide bonds. The van der Waals surface area contributed by atoms with Crippen molar-refractivity contribution in [3.63, 3.8) is 0 Å². The van der Waals surface area contributed by atoms with E-state index in [0.717, 1.165) is 39.9 Å². The number of hydrogen-bond acceptors (Lipinski definition) is 2. The molecule has 0 unspecified atom stereocenters. The highest BCUT2D eigenvalue weighted by atomic mass is 79.9. The van der Waals surface area contributed by atoms with E-state index in [4.69, 9.17) is 0 Å². The van der Waals surface area contributed by atoms with Crippen LogP contribution < -0.4 is 15.5 Å². The van der Waals surface area contributed by atoms with Gasteiger partial charge < -0.3 is 15.5 Å². The summed E-state index contributed by atoms with van der Waals surface area (Å²) in [7, 11) is 0. The van der Waals surface area contributed by atoms with Crippen LogP contribution in [0.4, 0.5) is 16.2 Å². The molecule has 3 rings (SSSR count). The fraction of sp³-hybridized carbons (Fsp3) is 0.263. The number of urea groups is 1. The van der Waals surface area contributed by atoms with Gasteiger partial charge in [-0.2, -0.15) is 0 Å². The van der Waals surface area contributed by atoms with Crippen LogP contribution in [0, 0.1) is 0 Å². The number of benzene rings is 2. The van der Waals surface area contributed by atoms with Gasteiger partial charge in [0.15, 0.2) is 0 Å². The summed E-state index contributed by atoms with van der Waals surface area (Å²) in [5, 5.41) is 5.65. The Labute approximate surface area is 155 Å². The molecule has 2 aromatic rings. The second kappa shape index (κ2) is 7.70. The average Bonchev–Trinajstić information content (AvgIpc) is 3.04. The molecule has 0 spiro atoms. The maximum Gasteiger partial charge on any atom is 0.319 e. The van der Waals surface area contributed by atoms with Crippen LogP contribution in [-0.4, -0.2) is 18.5 Å². The molecule has 0 fully saturated rings. The molecule has 6 heteroatoms. The van der Waals surface area contributed by atoms with E-state index in [1.807, 2.05) is 48.2 Å². The van der Waals surface area contributed by atoms with Crippen molar-refractivity contribution in [3.8, 4) is 0 Å². The van der Waals surface area contributed by atoms with Crippen molar-refractivity contribution in [2.45, 2.75) is 26.3 Å². The third-order valence-corrected chi connectivity index (χ3v) is 4.73. The number of amides is 3. The van der Waals surface area contributed by atoms with Gasteiger partial charge in [-0.1, -0.05) is 35.0 Å². The number of nitrogens with zero attached hydrogens (tertiary/aromatic N) is 1. The van der Waals surface area contributed by atoms with Gasteiger partial charge in [0.2, 0.25) is 5.91 Å². The van der Waals surface area contributed by atoms with Crippen LogP contribution in [0.3, 0.4) is 0 Å². The first-order chi connectivity index (χ1) is 12.1. The molecule has 130 valence electrons. The standard InChI is InChI=1S/C19H20BrN3O2/c1-2-18(24)23-10-9-14-11-13(3-8-17(14)23)12-21-19(25)22-16-6-4-15(20)5-7-16/h3-8,11H,2,9-10,12H2,1H3,(H2,21,22,25). The molecule has 0 saturated heterocycles. The number of hydrogen-bond donors (Lipinski definition) is 2. The van der Waals surface area contributed by atoms with Crippen molar-refractivity contribution in [2.75, 3.05) is 16.8 Å². The minimum atomic E-state index is -0.245. The van der Waals surface area contributed by atoms with Gasteiger partial charge in [-0.05, 0) is 47.9 Å². The molecule has 25 heavy (non-hydrogen) atoms. The summed E-state index contributed by atoms with van der Waals surface area (Å²) in [6.07, 6.45) is 1.37. The van der Waals surface area contributed by atoms with Crippen LogP contribution in [-0.2, 0) is 17.8 Å². The quantitative estimate of drug-likeness (QED) is 0.810.